The van der Waals surface area contributed by atoms with E-state index in [2.05, 4.69) is 44.5 Å². The average Bonchev–Trinajstić information content (AvgIpc) is 3.58. The number of rotatable bonds is 7. The molecule has 0 radical (unpaired) electrons. The molecule has 9 nitrogen and oxygen atoms in total. The second-order valence-corrected chi connectivity index (χ2v) is 11.0. The lowest BCUT2D eigenvalue weighted by atomic mass is 9.52. The Morgan fingerprint density at radius 2 is 1.85 bits per heavy atom. The predicted octanol–water partition coefficient (Wildman–Crippen LogP) is 3.26. The molecule has 10 heteroatoms. The van der Waals surface area contributed by atoms with E-state index < -0.39 is 47.9 Å². The summed E-state index contributed by atoms with van der Waals surface area (Å²) < 4.78 is 16.7. The van der Waals surface area contributed by atoms with Crippen molar-refractivity contribution in [2.45, 2.75) is 44.6 Å². The van der Waals surface area contributed by atoms with E-state index in [9.17, 15) is 19.8 Å². The highest BCUT2D eigenvalue weighted by atomic mass is 19.1. The highest BCUT2D eigenvalue weighted by molar-refractivity contribution is 5.96. The van der Waals surface area contributed by atoms with Crippen LogP contribution in [0.5, 0.6) is 5.75 Å². The van der Waals surface area contributed by atoms with E-state index in [1.165, 1.54) is 0 Å². The van der Waals surface area contributed by atoms with Gasteiger partial charge in [0.15, 0.2) is 11.4 Å². The molecular formula is C30H31FN4O5. The fourth-order valence-electron chi connectivity index (χ4n) is 7.46. The number of nitrogens with one attached hydrogen (secondary N) is 1. The van der Waals surface area contributed by atoms with Crippen LogP contribution in [0, 0.1) is 24.6 Å². The van der Waals surface area contributed by atoms with Crippen molar-refractivity contribution in [3.8, 4) is 5.75 Å². The quantitative estimate of drug-likeness (QED) is 0.416. The number of aliphatic hydroxyl groups excluding tert-OH is 1. The number of hydrogen-bond donors (Lipinski definition) is 4. The molecule has 2 aromatic rings. The number of aromatic nitrogens is 2. The monoisotopic (exact) mass is 546 g/mol. The first-order valence-corrected chi connectivity index (χ1v) is 13.5. The van der Waals surface area contributed by atoms with Crippen molar-refractivity contribution >= 4 is 17.6 Å². The Bertz CT molecular complexity index is 1500. The number of nitrogens with zero attached hydrogens (tertiary/aromatic N) is 3. The Labute approximate surface area is 230 Å². The van der Waals surface area contributed by atoms with Gasteiger partial charge in [0, 0.05) is 41.6 Å². The van der Waals surface area contributed by atoms with Crippen molar-refractivity contribution in [2.24, 2.45) is 11.8 Å². The van der Waals surface area contributed by atoms with Crippen molar-refractivity contribution in [2.75, 3.05) is 24.5 Å². The zero-order valence-electron chi connectivity index (χ0n) is 22.3. The number of carbonyl (C=O) groups excluding carboxylic acids is 1. The predicted molar refractivity (Wildman–Crippen MR) is 145 cm³/mol. The van der Waals surface area contributed by atoms with Gasteiger partial charge < -0.3 is 25.5 Å². The molecular weight excluding hydrogens is 515 g/mol. The van der Waals surface area contributed by atoms with Gasteiger partial charge in [0.1, 0.15) is 18.2 Å². The number of fused-ring (bicyclic) bond motifs is 2. The molecule has 208 valence electrons. The molecule has 4 N–H and O–H groups in total. The average molecular weight is 547 g/mol. The molecule has 2 aliphatic carbocycles. The van der Waals surface area contributed by atoms with Crippen molar-refractivity contribution in [1.29, 1.82) is 0 Å². The molecule has 1 fully saturated rings. The first-order chi connectivity index (χ1) is 19.2. The van der Waals surface area contributed by atoms with Crippen LogP contribution < -0.4 is 10.2 Å². The number of piperidine rings is 1. The first kappa shape index (κ1) is 26.2. The van der Waals surface area contributed by atoms with Crippen LogP contribution in [-0.4, -0.2) is 56.8 Å². The number of aromatic hydroxyl groups is 1. The lowest BCUT2D eigenvalue weighted by molar-refractivity contribution is -0.135. The highest BCUT2D eigenvalue weighted by Crippen LogP contribution is 2.61. The number of aliphatic carboxylic acids is 1. The van der Waals surface area contributed by atoms with Crippen molar-refractivity contribution in [3.63, 3.8) is 0 Å². The van der Waals surface area contributed by atoms with Gasteiger partial charge in [-0.15, -0.1) is 0 Å². The second kappa shape index (κ2) is 9.55. The van der Waals surface area contributed by atoms with E-state index >= 15 is 4.39 Å². The van der Waals surface area contributed by atoms with E-state index in [0.717, 1.165) is 24.0 Å². The van der Waals surface area contributed by atoms with Crippen LogP contribution in [0.2, 0.25) is 0 Å². The minimum Gasteiger partial charge on any atom is -0.504 e. The van der Waals surface area contributed by atoms with Gasteiger partial charge in [-0.05, 0) is 48.5 Å². The number of aryl methyl sites for hydroxylation is 1. The van der Waals surface area contributed by atoms with Crippen molar-refractivity contribution < 1.29 is 29.3 Å². The minimum absolute atomic E-state index is 0.0124. The smallest absolute Gasteiger partial charge is 0.322 e. The maximum absolute atomic E-state index is 16.7. The first-order valence-electron chi connectivity index (χ1n) is 13.5. The lowest BCUT2D eigenvalue weighted by Gasteiger charge is -2.51. The second-order valence-electron chi connectivity index (χ2n) is 11.0. The molecule has 2 atom stereocenters. The van der Waals surface area contributed by atoms with Crippen LogP contribution in [0.4, 0.5) is 10.1 Å². The minimum atomic E-state index is -1.23. The van der Waals surface area contributed by atoms with Crippen LogP contribution in [0.15, 0.2) is 47.6 Å². The maximum atomic E-state index is 16.7. The number of carbonyl (C=O) groups is 2. The molecule has 6 bridgehead atoms. The summed E-state index contributed by atoms with van der Waals surface area (Å²) in [5, 5.41) is 32.3. The van der Waals surface area contributed by atoms with E-state index in [1.807, 2.05) is 19.1 Å². The summed E-state index contributed by atoms with van der Waals surface area (Å²) >= 11 is 0. The summed E-state index contributed by atoms with van der Waals surface area (Å²) in [6.07, 6.45) is 9.80. The number of carboxylic acids is 1. The fourth-order valence-corrected chi connectivity index (χ4v) is 7.46. The molecule has 6 heterocycles. The molecule has 1 aromatic carbocycles. The molecule has 0 saturated carbocycles. The van der Waals surface area contributed by atoms with Gasteiger partial charge in [0.2, 0.25) is 0 Å². The molecule has 40 heavy (non-hydrogen) atoms. The van der Waals surface area contributed by atoms with Gasteiger partial charge in [-0.2, -0.15) is 0 Å². The van der Waals surface area contributed by atoms with Gasteiger partial charge in [0.25, 0.3) is 5.91 Å². The largest absolute Gasteiger partial charge is 0.504 e. The number of aliphatic hydroxyl groups is 1. The van der Waals surface area contributed by atoms with Gasteiger partial charge in [-0.25, -0.2) is 14.4 Å². The number of benzene rings is 1. The van der Waals surface area contributed by atoms with Gasteiger partial charge in [-0.1, -0.05) is 37.3 Å². The molecule has 1 saturated heterocycles. The third-order valence-corrected chi connectivity index (χ3v) is 9.23. The zero-order valence-corrected chi connectivity index (χ0v) is 22.3. The SMILES string of the molecule is Cc1nc(C(C)C2(C3C4=CC=C3C=C4)c3ccc(c(CO)c3F)N3CCC2CC3)nc(C(=O)NCC(=O)O)c1O. The Kier molecular flexibility index (Phi) is 6.25. The number of hydrogen-bond acceptors (Lipinski definition) is 7. The summed E-state index contributed by atoms with van der Waals surface area (Å²) in [5.74, 6) is -3.37. The summed E-state index contributed by atoms with van der Waals surface area (Å²) in [7, 11) is 0. The molecule has 9 rings (SSSR count). The third kappa shape index (κ3) is 3.69. The van der Waals surface area contributed by atoms with Gasteiger partial charge >= 0.3 is 5.97 Å². The van der Waals surface area contributed by atoms with Gasteiger partial charge in [-0.3, -0.25) is 9.59 Å². The van der Waals surface area contributed by atoms with Gasteiger partial charge in [0.05, 0.1) is 12.3 Å². The van der Waals surface area contributed by atoms with Crippen LogP contribution in [0.3, 0.4) is 0 Å². The molecule has 0 spiro atoms. The Morgan fingerprint density at radius 3 is 2.45 bits per heavy atom. The maximum Gasteiger partial charge on any atom is 0.322 e. The van der Waals surface area contributed by atoms with Crippen molar-refractivity contribution in [3.05, 3.63) is 81.7 Å². The Hall–Kier alpha value is -4.05. The fraction of sp³-hybridized carbons (Fsp3) is 0.400. The molecule has 2 unspecified atom stereocenters. The number of carboxylic acid groups (broad SMARTS) is 1. The summed E-state index contributed by atoms with van der Waals surface area (Å²) in [4.78, 5) is 35.2. The van der Waals surface area contributed by atoms with Crippen LogP contribution >= 0.6 is 0 Å². The molecule has 7 aliphatic rings. The van der Waals surface area contributed by atoms with E-state index in [0.29, 0.717) is 24.3 Å². The Morgan fingerprint density at radius 1 is 1.18 bits per heavy atom. The number of amides is 1. The number of allylic oxidation sites excluding steroid dienone is 6. The molecule has 5 aliphatic heterocycles. The molecule has 1 aromatic heterocycles. The van der Waals surface area contributed by atoms with Crippen molar-refractivity contribution in [1.82, 2.24) is 15.3 Å². The lowest BCUT2D eigenvalue weighted by Crippen LogP contribution is -2.50. The normalized spacial score (nSPS) is 23.5. The van der Waals surface area contributed by atoms with Crippen LogP contribution in [0.1, 0.15) is 58.8 Å². The highest BCUT2D eigenvalue weighted by Gasteiger charge is 2.57. The third-order valence-electron chi connectivity index (χ3n) is 9.23. The Balaban J connectivity index is 1.59. The van der Waals surface area contributed by atoms with E-state index in [4.69, 9.17) is 5.11 Å². The summed E-state index contributed by atoms with van der Waals surface area (Å²) in [6, 6.07) is 3.74. The van der Waals surface area contributed by atoms with E-state index in [1.54, 1.807) is 6.92 Å². The molecule has 1 amide bonds. The van der Waals surface area contributed by atoms with Crippen LogP contribution in [0.25, 0.3) is 0 Å². The van der Waals surface area contributed by atoms with Crippen LogP contribution in [-0.2, 0) is 16.8 Å². The number of anilines is 1. The summed E-state index contributed by atoms with van der Waals surface area (Å²) in [5.41, 5.74) is 2.57. The topological polar surface area (TPSA) is 136 Å². The van der Waals surface area contributed by atoms with E-state index in [-0.39, 0.29) is 34.6 Å². The standard InChI is InChI=1S/C30H31FN4O5/c1-15(28-33-16(2)27(39)26(34-28)29(40)32-13-23(37)38)30(24-17-3-4-18(24)6-5-17)19-9-11-35(12-10-19)22-8-7-21(30)25(31)20(22)14-36/h3-8,15,19,24,36,39H,9-14H2,1-2H3,(H,32,40)(H,37,38). The summed E-state index contributed by atoms with van der Waals surface area (Å²) in [6.45, 7) is 3.85. The number of halogens is 1. The zero-order chi connectivity index (χ0) is 28.3.